The first-order valence-corrected chi connectivity index (χ1v) is 6.73. The highest BCUT2D eigenvalue weighted by atomic mass is 16.5. The molecule has 4 nitrogen and oxygen atoms in total. The van der Waals surface area contributed by atoms with Gasteiger partial charge in [-0.2, -0.15) is 0 Å². The fourth-order valence-electron chi connectivity index (χ4n) is 1.95. The molecule has 2 aromatic carbocycles. The molecule has 0 unspecified atom stereocenters. The SMILES string of the molecule is Cc1cccc(OCCOc2ccccc2C(=O)O)c1C. The summed E-state index contributed by atoms with van der Waals surface area (Å²) in [4.78, 5) is 11.0. The summed E-state index contributed by atoms with van der Waals surface area (Å²) in [6.07, 6.45) is 0. The Morgan fingerprint density at radius 2 is 1.57 bits per heavy atom. The minimum atomic E-state index is -0.999. The number of carboxylic acids is 1. The van der Waals surface area contributed by atoms with Crippen molar-refractivity contribution in [3.63, 3.8) is 0 Å². The van der Waals surface area contributed by atoms with Crippen molar-refractivity contribution >= 4 is 5.97 Å². The zero-order valence-electron chi connectivity index (χ0n) is 12.1. The molecule has 0 aliphatic heterocycles. The van der Waals surface area contributed by atoms with E-state index in [1.54, 1.807) is 18.2 Å². The summed E-state index contributed by atoms with van der Waals surface area (Å²) in [5.41, 5.74) is 2.43. The van der Waals surface area contributed by atoms with E-state index in [0.717, 1.165) is 11.3 Å². The van der Waals surface area contributed by atoms with Gasteiger partial charge in [0.1, 0.15) is 30.3 Å². The number of aryl methyl sites for hydroxylation is 1. The first kappa shape index (κ1) is 14.9. The van der Waals surface area contributed by atoms with Gasteiger partial charge in [0.2, 0.25) is 0 Å². The van der Waals surface area contributed by atoms with Crippen LogP contribution in [0.3, 0.4) is 0 Å². The number of carbonyl (C=O) groups is 1. The summed E-state index contributed by atoms with van der Waals surface area (Å²) in [6.45, 7) is 4.68. The predicted molar refractivity (Wildman–Crippen MR) is 80.3 cm³/mol. The van der Waals surface area contributed by atoms with Crippen LogP contribution in [0.2, 0.25) is 0 Å². The molecule has 21 heavy (non-hydrogen) atoms. The Hall–Kier alpha value is -2.49. The first-order valence-electron chi connectivity index (χ1n) is 6.73. The van der Waals surface area contributed by atoms with E-state index in [1.807, 2.05) is 32.0 Å². The zero-order valence-corrected chi connectivity index (χ0v) is 12.1. The first-order chi connectivity index (χ1) is 10.1. The Morgan fingerprint density at radius 3 is 2.29 bits per heavy atom. The molecule has 0 amide bonds. The lowest BCUT2D eigenvalue weighted by Crippen LogP contribution is -2.11. The molecule has 0 saturated heterocycles. The number of hydrogen-bond acceptors (Lipinski definition) is 3. The van der Waals surface area contributed by atoms with E-state index >= 15 is 0 Å². The third-order valence-electron chi connectivity index (χ3n) is 3.27. The lowest BCUT2D eigenvalue weighted by molar-refractivity contribution is 0.0691. The van der Waals surface area contributed by atoms with E-state index in [1.165, 1.54) is 11.6 Å². The van der Waals surface area contributed by atoms with Crippen molar-refractivity contribution < 1.29 is 19.4 Å². The average Bonchev–Trinajstić information content (AvgIpc) is 2.48. The van der Waals surface area contributed by atoms with Crippen LogP contribution < -0.4 is 9.47 Å². The van der Waals surface area contributed by atoms with Crippen molar-refractivity contribution in [2.45, 2.75) is 13.8 Å². The van der Waals surface area contributed by atoms with Gasteiger partial charge in [0.05, 0.1) is 0 Å². The van der Waals surface area contributed by atoms with Gasteiger partial charge in [0, 0.05) is 0 Å². The van der Waals surface area contributed by atoms with E-state index in [-0.39, 0.29) is 12.2 Å². The third kappa shape index (κ3) is 3.75. The number of carboxylic acid groups (broad SMARTS) is 1. The molecule has 0 radical (unpaired) electrons. The van der Waals surface area contributed by atoms with Gasteiger partial charge in [0.15, 0.2) is 0 Å². The summed E-state index contributed by atoms with van der Waals surface area (Å²) in [5.74, 6) is 0.181. The van der Waals surface area contributed by atoms with Crippen molar-refractivity contribution in [1.82, 2.24) is 0 Å². The summed E-state index contributed by atoms with van der Waals surface area (Å²) in [5, 5.41) is 9.06. The fourth-order valence-corrected chi connectivity index (χ4v) is 1.95. The van der Waals surface area contributed by atoms with E-state index in [0.29, 0.717) is 12.4 Å². The molecular formula is C17H18O4. The van der Waals surface area contributed by atoms with Crippen LogP contribution >= 0.6 is 0 Å². The molecule has 2 rings (SSSR count). The molecule has 0 saturated carbocycles. The van der Waals surface area contributed by atoms with Gasteiger partial charge in [-0.15, -0.1) is 0 Å². The van der Waals surface area contributed by atoms with Gasteiger partial charge in [-0.1, -0.05) is 24.3 Å². The Morgan fingerprint density at radius 1 is 0.952 bits per heavy atom. The van der Waals surface area contributed by atoms with E-state index in [9.17, 15) is 4.79 Å². The lowest BCUT2D eigenvalue weighted by Gasteiger charge is -2.12. The molecule has 0 aliphatic rings. The van der Waals surface area contributed by atoms with Crippen LogP contribution in [0.15, 0.2) is 42.5 Å². The highest BCUT2D eigenvalue weighted by molar-refractivity contribution is 5.90. The van der Waals surface area contributed by atoms with Crippen molar-refractivity contribution in [3.8, 4) is 11.5 Å². The molecule has 0 bridgehead atoms. The highest BCUT2D eigenvalue weighted by Crippen LogP contribution is 2.21. The highest BCUT2D eigenvalue weighted by Gasteiger charge is 2.10. The Balaban J connectivity index is 1.91. The van der Waals surface area contributed by atoms with Crippen LogP contribution in [0.1, 0.15) is 21.5 Å². The standard InChI is InChI=1S/C17H18O4/c1-12-6-5-9-15(13(12)2)20-10-11-21-16-8-4-3-7-14(16)17(18)19/h3-9H,10-11H2,1-2H3,(H,18,19). The molecule has 0 fully saturated rings. The van der Waals surface area contributed by atoms with Crippen LogP contribution in [-0.4, -0.2) is 24.3 Å². The van der Waals surface area contributed by atoms with E-state index in [2.05, 4.69) is 0 Å². The summed E-state index contributed by atoms with van der Waals surface area (Å²) in [7, 11) is 0. The van der Waals surface area contributed by atoms with Crippen LogP contribution in [0.25, 0.3) is 0 Å². The number of para-hydroxylation sites is 1. The average molecular weight is 286 g/mol. The molecule has 0 heterocycles. The monoisotopic (exact) mass is 286 g/mol. The van der Waals surface area contributed by atoms with Crippen LogP contribution in [0, 0.1) is 13.8 Å². The number of aromatic carboxylic acids is 1. The molecule has 0 atom stereocenters. The Labute approximate surface area is 123 Å². The molecule has 0 spiro atoms. The second-order valence-corrected chi connectivity index (χ2v) is 4.70. The van der Waals surface area contributed by atoms with Gasteiger partial charge in [-0.3, -0.25) is 0 Å². The fraction of sp³-hybridized carbons (Fsp3) is 0.235. The van der Waals surface area contributed by atoms with E-state index < -0.39 is 5.97 Å². The van der Waals surface area contributed by atoms with Crippen molar-refractivity contribution in [3.05, 3.63) is 59.2 Å². The van der Waals surface area contributed by atoms with Crippen molar-refractivity contribution in [2.24, 2.45) is 0 Å². The zero-order chi connectivity index (χ0) is 15.2. The maximum Gasteiger partial charge on any atom is 0.339 e. The number of rotatable bonds is 6. The molecule has 110 valence electrons. The summed E-state index contributed by atoms with van der Waals surface area (Å²) in [6, 6.07) is 12.5. The maximum absolute atomic E-state index is 11.0. The minimum Gasteiger partial charge on any atom is -0.490 e. The number of ether oxygens (including phenoxy) is 2. The molecule has 0 aliphatic carbocycles. The molecule has 1 N–H and O–H groups in total. The molecule has 0 aromatic heterocycles. The summed E-state index contributed by atoms with van der Waals surface area (Å²) >= 11 is 0. The van der Waals surface area contributed by atoms with Gasteiger partial charge in [-0.25, -0.2) is 4.79 Å². The van der Waals surface area contributed by atoms with E-state index in [4.69, 9.17) is 14.6 Å². The Bertz CT molecular complexity index is 634. The quantitative estimate of drug-likeness (QED) is 0.826. The molecule has 2 aromatic rings. The lowest BCUT2D eigenvalue weighted by atomic mass is 10.1. The van der Waals surface area contributed by atoms with Crippen molar-refractivity contribution in [1.29, 1.82) is 0 Å². The van der Waals surface area contributed by atoms with Gasteiger partial charge < -0.3 is 14.6 Å². The van der Waals surface area contributed by atoms with Crippen LogP contribution in [0.5, 0.6) is 11.5 Å². The van der Waals surface area contributed by atoms with Crippen molar-refractivity contribution in [2.75, 3.05) is 13.2 Å². The number of benzene rings is 2. The number of hydrogen-bond donors (Lipinski definition) is 1. The largest absolute Gasteiger partial charge is 0.490 e. The third-order valence-corrected chi connectivity index (χ3v) is 3.27. The van der Waals surface area contributed by atoms with Gasteiger partial charge >= 0.3 is 5.97 Å². The smallest absolute Gasteiger partial charge is 0.339 e. The van der Waals surface area contributed by atoms with Gasteiger partial charge in [-0.05, 0) is 43.2 Å². The van der Waals surface area contributed by atoms with Gasteiger partial charge in [0.25, 0.3) is 0 Å². The predicted octanol–water partition coefficient (Wildman–Crippen LogP) is 3.46. The second kappa shape index (κ2) is 6.79. The summed E-state index contributed by atoms with van der Waals surface area (Å²) < 4.78 is 11.2. The molecular weight excluding hydrogens is 268 g/mol. The minimum absolute atomic E-state index is 0.157. The maximum atomic E-state index is 11.0. The van der Waals surface area contributed by atoms with Crippen LogP contribution in [-0.2, 0) is 0 Å². The topological polar surface area (TPSA) is 55.8 Å². The Kier molecular flexibility index (Phi) is 4.82. The second-order valence-electron chi connectivity index (χ2n) is 4.70. The van der Waals surface area contributed by atoms with Crippen LogP contribution in [0.4, 0.5) is 0 Å². The molecule has 4 heteroatoms. The normalized spacial score (nSPS) is 10.2.